The van der Waals surface area contributed by atoms with Crippen LogP contribution in [0.25, 0.3) is 0 Å². The Hall–Kier alpha value is -2.64. The van der Waals surface area contributed by atoms with Gasteiger partial charge in [0.15, 0.2) is 5.69 Å². The summed E-state index contributed by atoms with van der Waals surface area (Å²) in [5.74, 6) is -0.127. The zero-order valence-corrected chi connectivity index (χ0v) is 15.9. The molecule has 8 nitrogen and oxygen atoms in total. The number of carbonyl (C=O) groups is 2. The van der Waals surface area contributed by atoms with Crippen LogP contribution in [0.15, 0.2) is 12.3 Å². The molecule has 0 aromatic carbocycles. The van der Waals surface area contributed by atoms with Gasteiger partial charge in [-0.2, -0.15) is 10.2 Å². The molecule has 0 spiro atoms. The smallest absolute Gasteiger partial charge is 0.272 e. The number of aromatic nitrogens is 4. The Morgan fingerprint density at radius 2 is 2.00 bits per heavy atom. The molecule has 0 saturated heterocycles. The normalized spacial score (nSPS) is 17.2. The van der Waals surface area contributed by atoms with Crippen LogP contribution >= 0.6 is 0 Å². The first kappa shape index (κ1) is 17.8. The van der Waals surface area contributed by atoms with E-state index in [9.17, 15) is 9.59 Å². The maximum absolute atomic E-state index is 12.9. The zero-order valence-electron chi connectivity index (χ0n) is 15.9. The minimum atomic E-state index is -0.109. The second kappa shape index (κ2) is 7.17. The third kappa shape index (κ3) is 3.48. The first-order valence-electron chi connectivity index (χ1n) is 9.76. The van der Waals surface area contributed by atoms with E-state index in [0.717, 1.165) is 30.8 Å². The fourth-order valence-corrected chi connectivity index (χ4v) is 3.94. The van der Waals surface area contributed by atoms with Crippen molar-refractivity contribution in [1.29, 1.82) is 0 Å². The van der Waals surface area contributed by atoms with E-state index in [-0.39, 0.29) is 17.9 Å². The van der Waals surface area contributed by atoms with E-state index in [2.05, 4.69) is 15.5 Å². The summed E-state index contributed by atoms with van der Waals surface area (Å²) in [6.45, 7) is 6.23. The van der Waals surface area contributed by atoms with E-state index >= 15 is 0 Å². The van der Waals surface area contributed by atoms with Crippen molar-refractivity contribution < 1.29 is 9.59 Å². The summed E-state index contributed by atoms with van der Waals surface area (Å²) in [4.78, 5) is 27.2. The van der Waals surface area contributed by atoms with Crippen LogP contribution in [0.5, 0.6) is 0 Å². The van der Waals surface area contributed by atoms with Crippen LogP contribution in [0.1, 0.15) is 64.8 Å². The van der Waals surface area contributed by atoms with Crippen molar-refractivity contribution in [2.24, 2.45) is 0 Å². The molecule has 27 heavy (non-hydrogen) atoms. The first-order chi connectivity index (χ1) is 13.0. The molecule has 0 radical (unpaired) electrons. The van der Waals surface area contributed by atoms with Gasteiger partial charge in [-0.3, -0.25) is 19.0 Å². The summed E-state index contributed by atoms with van der Waals surface area (Å²) < 4.78 is 3.62. The van der Waals surface area contributed by atoms with Crippen molar-refractivity contribution >= 4 is 11.8 Å². The van der Waals surface area contributed by atoms with Gasteiger partial charge in [-0.1, -0.05) is 12.8 Å². The lowest BCUT2D eigenvalue weighted by atomic mass is 10.2. The number of hydrogen-bond donors (Lipinski definition) is 1. The minimum Gasteiger partial charge on any atom is -0.348 e. The number of nitrogens with one attached hydrogen (secondary N) is 1. The Bertz CT molecular complexity index is 862. The summed E-state index contributed by atoms with van der Waals surface area (Å²) in [6, 6.07) is 2.08. The van der Waals surface area contributed by atoms with Crippen LogP contribution in [0, 0.1) is 6.92 Å². The van der Waals surface area contributed by atoms with Gasteiger partial charge in [0.05, 0.1) is 30.0 Å². The highest BCUT2D eigenvalue weighted by atomic mass is 16.2. The Labute approximate surface area is 158 Å². The molecule has 3 heterocycles. The van der Waals surface area contributed by atoms with Crippen LogP contribution in [0.3, 0.4) is 0 Å². The number of carbonyl (C=O) groups excluding carboxylic acids is 2. The molecule has 1 fully saturated rings. The molecule has 1 saturated carbocycles. The number of hydrogen-bond acceptors (Lipinski definition) is 4. The monoisotopic (exact) mass is 370 g/mol. The number of rotatable bonds is 4. The molecule has 0 unspecified atom stereocenters. The SMILES string of the molecule is CCn1cc(C(=O)N2CCn3nc(C(=O)NC4CCCC4)cc3C2)c(C)n1. The molecular weight excluding hydrogens is 344 g/mol. The molecule has 0 bridgehead atoms. The molecule has 144 valence electrons. The van der Waals surface area contributed by atoms with Gasteiger partial charge in [0.2, 0.25) is 0 Å². The summed E-state index contributed by atoms with van der Waals surface area (Å²) >= 11 is 0. The number of fused-ring (bicyclic) bond motifs is 1. The fraction of sp³-hybridized carbons (Fsp3) is 0.579. The third-order valence-corrected chi connectivity index (χ3v) is 5.51. The van der Waals surface area contributed by atoms with Crippen molar-refractivity contribution in [1.82, 2.24) is 29.8 Å². The predicted octanol–water partition coefficient (Wildman–Crippen LogP) is 1.74. The summed E-state index contributed by atoms with van der Waals surface area (Å²) in [7, 11) is 0. The molecule has 1 aliphatic heterocycles. The fourth-order valence-electron chi connectivity index (χ4n) is 3.94. The standard InChI is InChI=1S/C19H26N6O2/c1-3-24-12-16(13(2)21-24)19(27)23-8-9-25-15(11-23)10-17(22-25)18(26)20-14-6-4-5-7-14/h10,12,14H,3-9,11H2,1-2H3,(H,20,26). The van der Waals surface area contributed by atoms with Crippen molar-refractivity contribution in [3.63, 3.8) is 0 Å². The van der Waals surface area contributed by atoms with E-state index in [4.69, 9.17) is 0 Å². The van der Waals surface area contributed by atoms with Crippen molar-refractivity contribution in [3.8, 4) is 0 Å². The number of nitrogens with zero attached hydrogens (tertiary/aromatic N) is 5. The summed E-state index contributed by atoms with van der Waals surface area (Å²) in [5.41, 5.74) is 2.73. The van der Waals surface area contributed by atoms with Gasteiger partial charge in [-0.15, -0.1) is 0 Å². The second-order valence-electron chi connectivity index (χ2n) is 7.41. The molecule has 2 aromatic rings. The number of amides is 2. The van der Waals surface area contributed by atoms with Gasteiger partial charge in [0.25, 0.3) is 11.8 Å². The van der Waals surface area contributed by atoms with Gasteiger partial charge in [0.1, 0.15) is 0 Å². The minimum absolute atomic E-state index is 0.0170. The average molecular weight is 370 g/mol. The molecule has 2 aromatic heterocycles. The molecule has 1 N–H and O–H groups in total. The molecule has 8 heteroatoms. The third-order valence-electron chi connectivity index (χ3n) is 5.51. The molecule has 4 rings (SSSR count). The van der Waals surface area contributed by atoms with Crippen LogP contribution in [0.4, 0.5) is 0 Å². The Balaban J connectivity index is 1.46. The van der Waals surface area contributed by atoms with Gasteiger partial charge in [-0.25, -0.2) is 0 Å². The van der Waals surface area contributed by atoms with E-state index in [1.807, 2.05) is 30.8 Å². The van der Waals surface area contributed by atoms with Crippen LogP contribution in [-0.2, 0) is 19.6 Å². The first-order valence-corrected chi connectivity index (χ1v) is 9.76. The lowest BCUT2D eigenvalue weighted by Crippen LogP contribution is -2.38. The molecule has 2 amide bonds. The molecule has 0 atom stereocenters. The van der Waals surface area contributed by atoms with Crippen molar-refractivity contribution in [2.45, 2.75) is 65.2 Å². The van der Waals surface area contributed by atoms with Gasteiger partial charge in [0, 0.05) is 25.3 Å². The Morgan fingerprint density at radius 3 is 2.70 bits per heavy atom. The average Bonchev–Trinajstić information content (AvgIpc) is 3.39. The molecule has 1 aliphatic carbocycles. The highest BCUT2D eigenvalue weighted by molar-refractivity contribution is 5.95. The van der Waals surface area contributed by atoms with Gasteiger partial charge in [-0.05, 0) is 32.8 Å². The zero-order chi connectivity index (χ0) is 19.0. The highest BCUT2D eigenvalue weighted by Gasteiger charge is 2.27. The van der Waals surface area contributed by atoms with Gasteiger partial charge >= 0.3 is 0 Å². The molecular formula is C19H26N6O2. The van der Waals surface area contributed by atoms with E-state index in [1.54, 1.807) is 9.58 Å². The maximum atomic E-state index is 12.9. The second-order valence-corrected chi connectivity index (χ2v) is 7.41. The van der Waals surface area contributed by atoms with Crippen LogP contribution < -0.4 is 5.32 Å². The largest absolute Gasteiger partial charge is 0.348 e. The lowest BCUT2D eigenvalue weighted by molar-refractivity contribution is 0.0704. The maximum Gasteiger partial charge on any atom is 0.272 e. The molecule has 2 aliphatic rings. The van der Waals surface area contributed by atoms with E-state index < -0.39 is 0 Å². The van der Waals surface area contributed by atoms with Crippen LogP contribution in [-0.4, -0.2) is 48.9 Å². The lowest BCUT2D eigenvalue weighted by Gasteiger charge is -2.27. The van der Waals surface area contributed by atoms with Gasteiger partial charge < -0.3 is 10.2 Å². The number of aryl methyl sites for hydroxylation is 2. The van der Waals surface area contributed by atoms with E-state index in [0.29, 0.717) is 30.9 Å². The quantitative estimate of drug-likeness (QED) is 0.888. The summed E-state index contributed by atoms with van der Waals surface area (Å²) in [6.07, 6.45) is 6.26. The van der Waals surface area contributed by atoms with E-state index in [1.165, 1.54) is 12.8 Å². The Morgan fingerprint density at radius 1 is 1.22 bits per heavy atom. The van der Waals surface area contributed by atoms with Crippen molar-refractivity contribution in [3.05, 3.63) is 34.9 Å². The van der Waals surface area contributed by atoms with Crippen molar-refractivity contribution in [2.75, 3.05) is 6.54 Å². The summed E-state index contributed by atoms with van der Waals surface area (Å²) in [5, 5.41) is 11.9. The predicted molar refractivity (Wildman–Crippen MR) is 99.3 cm³/mol. The topological polar surface area (TPSA) is 85.0 Å². The van der Waals surface area contributed by atoms with Crippen LogP contribution in [0.2, 0.25) is 0 Å². The Kier molecular flexibility index (Phi) is 4.72. The highest BCUT2D eigenvalue weighted by Crippen LogP contribution is 2.20.